The normalized spacial score (nSPS) is 12.0. The highest BCUT2D eigenvalue weighted by molar-refractivity contribution is 6.31. The summed E-state index contributed by atoms with van der Waals surface area (Å²) >= 11 is 6.25. The molecule has 0 aliphatic carbocycles. The molecule has 0 aliphatic heterocycles. The number of aromatic nitrogens is 2. The maximum Gasteiger partial charge on any atom is 0.135 e. The minimum atomic E-state index is 0.0772. The van der Waals surface area contributed by atoms with Crippen LogP contribution >= 0.6 is 11.6 Å². The van der Waals surface area contributed by atoms with Crippen LogP contribution in [0.1, 0.15) is 37.9 Å². The zero-order valence-corrected chi connectivity index (χ0v) is 13.4. The maximum atomic E-state index is 6.25. The highest BCUT2D eigenvalue weighted by atomic mass is 35.5. The van der Waals surface area contributed by atoms with Crippen molar-refractivity contribution in [2.45, 2.75) is 33.2 Å². The van der Waals surface area contributed by atoms with Crippen LogP contribution < -0.4 is 10.6 Å². The first-order chi connectivity index (χ1) is 10.2. The zero-order chi connectivity index (χ0) is 15.2. The molecular formula is C16H21ClN4. The third kappa shape index (κ3) is 3.64. The molecule has 4 nitrogen and oxygen atoms in total. The molecule has 0 saturated heterocycles. The second kappa shape index (κ2) is 7.27. The predicted molar refractivity (Wildman–Crippen MR) is 89.1 cm³/mol. The monoisotopic (exact) mass is 304 g/mol. The highest BCUT2D eigenvalue weighted by Gasteiger charge is 2.14. The number of hydrogen-bond acceptors (Lipinski definition) is 4. The van der Waals surface area contributed by atoms with E-state index < -0.39 is 0 Å². The largest absolute Gasteiger partial charge is 0.370 e. The van der Waals surface area contributed by atoms with Gasteiger partial charge in [-0.05, 0) is 31.9 Å². The van der Waals surface area contributed by atoms with E-state index in [0.717, 1.165) is 40.8 Å². The van der Waals surface area contributed by atoms with Crippen LogP contribution in [0, 0.1) is 0 Å². The summed E-state index contributed by atoms with van der Waals surface area (Å²) in [7, 11) is 0. The molecule has 0 fully saturated rings. The number of benzene rings is 1. The molecule has 112 valence electrons. The lowest BCUT2D eigenvalue weighted by Crippen LogP contribution is -2.13. The zero-order valence-electron chi connectivity index (χ0n) is 12.7. The fraction of sp³-hybridized carbons (Fsp3) is 0.375. The van der Waals surface area contributed by atoms with Crippen LogP contribution in [0.2, 0.25) is 5.02 Å². The van der Waals surface area contributed by atoms with Crippen LogP contribution in [0.15, 0.2) is 30.6 Å². The number of anilines is 2. The standard InChI is InChI=1S/C16H21ClN4/c1-4-12-15(18-5-2)19-10-20-16(12)21-11(3)13-8-6-7-9-14(13)17/h6-11H,4-5H2,1-3H3,(H2,18,19,20,21). The number of nitrogens with one attached hydrogen (secondary N) is 2. The van der Waals surface area contributed by atoms with Crippen LogP contribution in [0.3, 0.4) is 0 Å². The number of hydrogen-bond donors (Lipinski definition) is 2. The van der Waals surface area contributed by atoms with E-state index in [2.05, 4.69) is 41.4 Å². The Balaban J connectivity index is 2.27. The van der Waals surface area contributed by atoms with Gasteiger partial charge in [0.05, 0.1) is 6.04 Å². The molecule has 0 saturated carbocycles. The average Bonchev–Trinajstić information content (AvgIpc) is 2.48. The van der Waals surface area contributed by atoms with Gasteiger partial charge in [-0.2, -0.15) is 0 Å². The smallest absolute Gasteiger partial charge is 0.135 e. The predicted octanol–water partition coefficient (Wildman–Crippen LogP) is 4.30. The van der Waals surface area contributed by atoms with Gasteiger partial charge < -0.3 is 10.6 Å². The van der Waals surface area contributed by atoms with E-state index in [-0.39, 0.29) is 6.04 Å². The summed E-state index contributed by atoms with van der Waals surface area (Å²) in [5.74, 6) is 1.75. The molecule has 21 heavy (non-hydrogen) atoms. The second-order valence-electron chi connectivity index (χ2n) is 4.82. The van der Waals surface area contributed by atoms with E-state index in [0.29, 0.717) is 0 Å². The number of halogens is 1. The first-order valence-corrected chi connectivity index (χ1v) is 7.63. The summed E-state index contributed by atoms with van der Waals surface area (Å²) < 4.78 is 0. The molecule has 2 aromatic rings. The van der Waals surface area contributed by atoms with Crippen molar-refractivity contribution in [3.05, 3.63) is 46.7 Å². The Morgan fingerprint density at radius 2 is 1.86 bits per heavy atom. The van der Waals surface area contributed by atoms with Crippen molar-refractivity contribution < 1.29 is 0 Å². The van der Waals surface area contributed by atoms with Crippen LogP contribution in [-0.4, -0.2) is 16.5 Å². The van der Waals surface area contributed by atoms with Crippen molar-refractivity contribution in [3.63, 3.8) is 0 Å². The van der Waals surface area contributed by atoms with Gasteiger partial charge in [0.2, 0.25) is 0 Å². The Hall–Kier alpha value is -1.81. The highest BCUT2D eigenvalue weighted by Crippen LogP contribution is 2.28. The molecule has 0 spiro atoms. The van der Waals surface area contributed by atoms with E-state index in [1.165, 1.54) is 0 Å². The first-order valence-electron chi connectivity index (χ1n) is 7.26. The van der Waals surface area contributed by atoms with Gasteiger partial charge in [-0.3, -0.25) is 0 Å². The van der Waals surface area contributed by atoms with E-state index in [9.17, 15) is 0 Å². The Bertz CT molecular complexity index is 601. The topological polar surface area (TPSA) is 49.8 Å². The fourth-order valence-electron chi connectivity index (χ4n) is 2.30. The van der Waals surface area contributed by atoms with E-state index in [4.69, 9.17) is 11.6 Å². The molecule has 2 rings (SSSR count). The molecule has 0 aliphatic rings. The lowest BCUT2D eigenvalue weighted by Gasteiger charge is -2.19. The first kappa shape index (κ1) is 15.6. The molecule has 1 aromatic carbocycles. The van der Waals surface area contributed by atoms with Crippen LogP contribution in [-0.2, 0) is 6.42 Å². The number of rotatable bonds is 6. The van der Waals surface area contributed by atoms with Crippen molar-refractivity contribution in [1.82, 2.24) is 9.97 Å². The summed E-state index contributed by atoms with van der Waals surface area (Å²) in [6.07, 6.45) is 2.44. The van der Waals surface area contributed by atoms with Crippen molar-refractivity contribution in [2.75, 3.05) is 17.2 Å². The van der Waals surface area contributed by atoms with Gasteiger partial charge in [0.25, 0.3) is 0 Å². The van der Waals surface area contributed by atoms with Gasteiger partial charge in [-0.1, -0.05) is 36.7 Å². The molecule has 0 amide bonds. The molecule has 0 bridgehead atoms. The van der Waals surface area contributed by atoms with Gasteiger partial charge >= 0.3 is 0 Å². The third-order valence-corrected chi connectivity index (χ3v) is 3.71. The third-order valence-electron chi connectivity index (χ3n) is 3.37. The molecule has 1 heterocycles. The van der Waals surface area contributed by atoms with Gasteiger partial charge in [0.1, 0.15) is 18.0 Å². The quantitative estimate of drug-likeness (QED) is 0.835. The molecule has 5 heteroatoms. The van der Waals surface area contributed by atoms with E-state index in [1.54, 1.807) is 6.33 Å². The minimum absolute atomic E-state index is 0.0772. The number of nitrogens with zero attached hydrogens (tertiary/aromatic N) is 2. The van der Waals surface area contributed by atoms with E-state index in [1.807, 2.05) is 24.3 Å². The summed E-state index contributed by atoms with van der Waals surface area (Å²) in [4.78, 5) is 8.69. The van der Waals surface area contributed by atoms with Gasteiger partial charge in [0.15, 0.2) is 0 Å². The summed E-state index contributed by atoms with van der Waals surface area (Å²) in [6.45, 7) is 7.07. The summed E-state index contributed by atoms with van der Waals surface area (Å²) in [5.41, 5.74) is 2.16. The summed E-state index contributed by atoms with van der Waals surface area (Å²) in [5, 5.41) is 7.48. The van der Waals surface area contributed by atoms with Crippen molar-refractivity contribution in [3.8, 4) is 0 Å². The SMILES string of the molecule is CCNc1ncnc(NC(C)c2ccccc2Cl)c1CC. The second-order valence-corrected chi connectivity index (χ2v) is 5.23. The molecule has 2 N–H and O–H groups in total. The van der Waals surface area contributed by atoms with Crippen molar-refractivity contribution in [2.24, 2.45) is 0 Å². The molecule has 1 atom stereocenters. The van der Waals surface area contributed by atoms with E-state index >= 15 is 0 Å². The molecule has 1 unspecified atom stereocenters. The van der Waals surface area contributed by atoms with Crippen LogP contribution in [0.5, 0.6) is 0 Å². The fourth-order valence-corrected chi connectivity index (χ4v) is 2.60. The maximum absolute atomic E-state index is 6.25. The van der Waals surface area contributed by atoms with Crippen molar-refractivity contribution >= 4 is 23.2 Å². The molecular weight excluding hydrogens is 284 g/mol. The Morgan fingerprint density at radius 1 is 1.14 bits per heavy atom. The Kier molecular flexibility index (Phi) is 5.39. The average molecular weight is 305 g/mol. The minimum Gasteiger partial charge on any atom is -0.370 e. The molecule has 0 radical (unpaired) electrons. The summed E-state index contributed by atoms with van der Waals surface area (Å²) in [6, 6.07) is 7.93. The Labute approximate surface area is 131 Å². The van der Waals surface area contributed by atoms with Crippen LogP contribution in [0.4, 0.5) is 11.6 Å². The van der Waals surface area contributed by atoms with Crippen molar-refractivity contribution in [1.29, 1.82) is 0 Å². The van der Waals surface area contributed by atoms with Gasteiger partial charge in [-0.25, -0.2) is 9.97 Å². The molecule has 1 aromatic heterocycles. The lowest BCUT2D eigenvalue weighted by molar-refractivity contribution is 0.862. The Morgan fingerprint density at radius 3 is 2.52 bits per heavy atom. The van der Waals surface area contributed by atoms with Crippen LogP contribution in [0.25, 0.3) is 0 Å². The van der Waals surface area contributed by atoms with Gasteiger partial charge in [0, 0.05) is 17.1 Å². The van der Waals surface area contributed by atoms with Gasteiger partial charge in [-0.15, -0.1) is 0 Å². The lowest BCUT2D eigenvalue weighted by atomic mass is 10.1.